The van der Waals surface area contributed by atoms with Crippen molar-refractivity contribution in [2.24, 2.45) is 0 Å². The number of aromatic nitrogens is 1. The molecule has 144 valence electrons. The molecule has 5 heteroatoms. The van der Waals surface area contributed by atoms with Gasteiger partial charge in [0.1, 0.15) is 0 Å². The van der Waals surface area contributed by atoms with Crippen LogP contribution in [0.2, 0.25) is 0 Å². The summed E-state index contributed by atoms with van der Waals surface area (Å²) in [4.78, 5) is 21.0. The maximum Gasteiger partial charge on any atom is 0.317 e. The first-order valence-corrected chi connectivity index (χ1v) is 9.72. The van der Waals surface area contributed by atoms with E-state index in [-0.39, 0.29) is 17.5 Å². The molecule has 0 unspecified atom stereocenters. The molecule has 3 rings (SSSR count). The molecular weight excluding hydrogens is 336 g/mol. The number of carbonyl (C=O) groups excluding carboxylic acids is 1. The predicted molar refractivity (Wildman–Crippen MR) is 110 cm³/mol. The minimum absolute atomic E-state index is 0.0208. The molecule has 0 aliphatic carbocycles. The maximum absolute atomic E-state index is 12.7. The van der Waals surface area contributed by atoms with E-state index < -0.39 is 0 Å². The van der Waals surface area contributed by atoms with Crippen molar-refractivity contribution in [1.82, 2.24) is 15.2 Å². The lowest BCUT2D eigenvalue weighted by molar-refractivity contribution is 0.189. The van der Waals surface area contributed by atoms with Crippen LogP contribution < -0.4 is 10.2 Å². The number of benzene rings is 1. The molecule has 2 heterocycles. The smallest absolute Gasteiger partial charge is 0.317 e. The number of pyridine rings is 1. The third-order valence-electron chi connectivity index (χ3n) is 5.32. The summed E-state index contributed by atoms with van der Waals surface area (Å²) in [6, 6.07) is 14.7. The Morgan fingerprint density at radius 1 is 1.11 bits per heavy atom. The summed E-state index contributed by atoms with van der Waals surface area (Å²) in [5.41, 5.74) is 2.44. The molecule has 0 saturated carbocycles. The molecule has 1 fully saturated rings. The molecule has 1 saturated heterocycles. The molecule has 0 radical (unpaired) electrons. The SMILES string of the molecule is C[C@@H](CC(C)(C)c1ccccc1)NC(=O)N1CCN(c2cccnc2)CC1. The third kappa shape index (κ3) is 5.00. The van der Waals surface area contributed by atoms with E-state index in [0.717, 1.165) is 38.3 Å². The van der Waals surface area contributed by atoms with Crippen LogP contribution >= 0.6 is 0 Å². The van der Waals surface area contributed by atoms with E-state index in [9.17, 15) is 4.79 Å². The Morgan fingerprint density at radius 2 is 1.81 bits per heavy atom. The number of nitrogens with zero attached hydrogens (tertiary/aromatic N) is 3. The normalized spacial score (nSPS) is 16.1. The number of hydrogen-bond acceptors (Lipinski definition) is 3. The molecular formula is C22H30N4O. The van der Waals surface area contributed by atoms with Gasteiger partial charge < -0.3 is 15.1 Å². The van der Waals surface area contributed by atoms with Crippen LogP contribution in [0.4, 0.5) is 10.5 Å². The Hall–Kier alpha value is -2.56. The number of amides is 2. The molecule has 0 bridgehead atoms. The summed E-state index contributed by atoms with van der Waals surface area (Å²) in [6.07, 6.45) is 4.56. The number of anilines is 1. The predicted octanol–water partition coefficient (Wildman–Crippen LogP) is 3.67. The minimum atomic E-state index is 0.0208. The van der Waals surface area contributed by atoms with E-state index in [0.29, 0.717) is 0 Å². The first kappa shape index (κ1) is 19.2. The van der Waals surface area contributed by atoms with Crippen molar-refractivity contribution in [3.05, 3.63) is 60.4 Å². The van der Waals surface area contributed by atoms with Crippen LogP contribution in [0, 0.1) is 0 Å². The van der Waals surface area contributed by atoms with E-state index in [1.165, 1.54) is 5.56 Å². The molecule has 0 spiro atoms. The Morgan fingerprint density at radius 3 is 2.44 bits per heavy atom. The van der Waals surface area contributed by atoms with Crippen molar-refractivity contribution in [2.45, 2.75) is 38.6 Å². The topological polar surface area (TPSA) is 48.5 Å². The first-order chi connectivity index (χ1) is 13.0. The van der Waals surface area contributed by atoms with Crippen LogP contribution in [-0.4, -0.2) is 48.1 Å². The number of rotatable bonds is 5. The van der Waals surface area contributed by atoms with Crippen molar-refractivity contribution in [3.8, 4) is 0 Å². The summed E-state index contributed by atoms with van der Waals surface area (Å²) >= 11 is 0. The van der Waals surface area contributed by atoms with Gasteiger partial charge in [-0.3, -0.25) is 4.98 Å². The monoisotopic (exact) mass is 366 g/mol. The zero-order valence-corrected chi connectivity index (χ0v) is 16.6. The molecule has 27 heavy (non-hydrogen) atoms. The van der Waals surface area contributed by atoms with Gasteiger partial charge in [0.2, 0.25) is 0 Å². The molecule has 1 aromatic heterocycles. The van der Waals surface area contributed by atoms with E-state index >= 15 is 0 Å². The lowest BCUT2D eigenvalue weighted by Gasteiger charge is -2.37. The summed E-state index contributed by atoms with van der Waals surface area (Å²) in [5.74, 6) is 0. The highest BCUT2D eigenvalue weighted by molar-refractivity contribution is 5.75. The van der Waals surface area contributed by atoms with E-state index in [1.54, 1.807) is 6.20 Å². The maximum atomic E-state index is 12.7. The first-order valence-electron chi connectivity index (χ1n) is 9.72. The van der Waals surface area contributed by atoms with Crippen molar-refractivity contribution in [1.29, 1.82) is 0 Å². The van der Waals surface area contributed by atoms with Crippen molar-refractivity contribution >= 4 is 11.7 Å². The van der Waals surface area contributed by atoms with E-state index in [4.69, 9.17) is 0 Å². The van der Waals surface area contributed by atoms with Crippen LogP contribution in [0.5, 0.6) is 0 Å². The van der Waals surface area contributed by atoms with Crippen LogP contribution in [0.15, 0.2) is 54.9 Å². The summed E-state index contributed by atoms with van der Waals surface area (Å²) in [7, 11) is 0. The zero-order chi connectivity index (χ0) is 19.3. The van der Waals surface area contributed by atoms with Gasteiger partial charge in [0.05, 0.1) is 11.9 Å². The fourth-order valence-corrected chi connectivity index (χ4v) is 3.83. The van der Waals surface area contributed by atoms with Crippen LogP contribution in [0.1, 0.15) is 32.8 Å². The van der Waals surface area contributed by atoms with Gasteiger partial charge >= 0.3 is 6.03 Å². The van der Waals surface area contributed by atoms with Gasteiger partial charge in [0, 0.05) is 38.4 Å². The number of nitrogens with one attached hydrogen (secondary N) is 1. The van der Waals surface area contributed by atoms with E-state index in [2.05, 4.69) is 66.3 Å². The van der Waals surface area contributed by atoms with Gasteiger partial charge in [-0.15, -0.1) is 0 Å². The lowest BCUT2D eigenvalue weighted by Crippen LogP contribution is -2.53. The van der Waals surface area contributed by atoms with Gasteiger partial charge in [-0.25, -0.2) is 4.79 Å². The lowest BCUT2D eigenvalue weighted by atomic mass is 9.79. The Balaban J connectivity index is 1.49. The van der Waals surface area contributed by atoms with Gasteiger partial charge in [-0.1, -0.05) is 44.2 Å². The average Bonchev–Trinajstić information content (AvgIpc) is 2.69. The largest absolute Gasteiger partial charge is 0.367 e. The average molecular weight is 367 g/mol. The Kier molecular flexibility index (Phi) is 5.99. The van der Waals surface area contributed by atoms with Gasteiger partial charge in [-0.05, 0) is 36.5 Å². The summed E-state index contributed by atoms with van der Waals surface area (Å²) in [6.45, 7) is 9.70. The minimum Gasteiger partial charge on any atom is -0.367 e. The fraction of sp³-hybridized carbons (Fsp3) is 0.455. The number of hydrogen-bond donors (Lipinski definition) is 1. The zero-order valence-electron chi connectivity index (χ0n) is 16.6. The number of carbonyl (C=O) groups is 1. The highest BCUT2D eigenvalue weighted by atomic mass is 16.2. The van der Waals surface area contributed by atoms with E-state index in [1.807, 2.05) is 23.2 Å². The van der Waals surface area contributed by atoms with Gasteiger partial charge in [0.15, 0.2) is 0 Å². The van der Waals surface area contributed by atoms with Crippen molar-refractivity contribution in [3.63, 3.8) is 0 Å². The second-order valence-electron chi connectivity index (χ2n) is 7.99. The molecule has 2 aromatic rings. The number of urea groups is 1. The van der Waals surface area contributed by atoms with Crippen LogP contribution in [-0.2, 0) is 5.41 Å². The quantitative estimate of drug-likeness (QED) is 0.878. The molecule has 1 aliphatic rings. The van der Waals surface area contributed by atoms with Crippen LogP contribution in [0.3, 0.4) is 0 Å². The van der Waals surface area contributed by atoms with Gasteiger partial charge in [0.25, 0.3) is 0 Å². The Bertz CT molecular complexity index is 724. The standard InChI is InChI=1S/C22H30N4O/c1-18(16-22(2,3)19-8-5-4-6-9-19)24-21(27)26-14-12-25(13-15-26)20-10-7-11-23-17-20/h4-11,17-18H,12-16H2,1-3H3,(H,24,27)/t18-/m0/s1. The van der Waals surface area contributed by atoms with Gasteiger partial charge in [-0.2, -0.15) is 0 Å². The summed E-state index contributed by atoms with van der Waals surface area (Å²) in [5, 5.41) is 3.19. The highest BCUT2D eigenvalue weighted by Gasteiger charge is 2.26. The highest BCUT2D eigenvalue weighted by Crippen LogP contribution is 2.28. The molecule has 1 aliphatic heterocycles. The molecule has 1 aromatic carbocycles. The van der Waals surface area contributed by atoms with Crippen molar-refractivity contribution in [2.75, 3.05) is 31.1 Å². The molecule has 5 nitrogen and oxygen atoms in total. The third-order valence-corrected chi connectivity index (χ3v) is 5.32. The molecule has 1 N–H and O–H groups in total. The fourth-order valence-electron chi connectivity index (χ4n) is 3.83. The summed E-state index contributed by atoms with van der Waals surface area (Å²) < 4.78 is 0. The molecule has 2 amide bonds. The Labute approximate surface area is 162 Å². The van der Waals surface area contributed by atoms with Crippen molar-refractivity contribution < 1.29 is 4.79 Å². The van der Waals surface area contributed by atoms with Crippen LogP contribution in [0.25, 0.3) is 0 Å². The second kappa shape index (κ2) is 8.42. The second-order valence-corrected chi connectivity index (χ2v) is 7.99. The molecule has 1 atom stereocenters. The number of piperazine rings is 1.